The van der Waals surface area contributed by atoms with E-state index in [0.717, 1.165) is 0 Å². The molecule has 2 fully saturated rings. The van der Waals surface area contributed by atoms with Crippen molar-refractivity contribution in [3.05, 3.63) is 30.3 Å². The van der Waals surface area contributed by atoms with E-state index in [2.05, 4.69) is 33.9 Å². The Balaban J connectivity index is 2.09. The van der Waals surface area contributed by atoms with Crippen LogP contribution in [0, 0.1) is 0 Å². The monoisotopic (exact) mass is 425 g/mol. The van der Waals surface area contributed by atoms with Crippen molar-refractivity contribution < 1.29 is 22.4 Å². The van der Waals surface area contributed by atoms with Crippen LogP contribution in [0.3, 0.4) is 0 Å². The largest absolute Gasteiger partial charge is 0.410 e. The number of nitrogens with zero attached hydrogens (tertiary/aromatic N) is 1. The van der Waals surface area contributed by atoms with Gasteiger partial charge in [0.1, 0.15) is 5.72 Å². The van der Waals surface area contributed by atoms with Crippen LogP contribution in [-0.4, -0.2) is 57.3 Å². The van der Waals surface area contributed by atoms with E-state index in [1.54, 1.807) is 36.9 Å². The lowest BCUT2D eigenvalue weighted by Crippen LogP contribution is -2.51. The van der Waals surface area contributed by atoms with Crippen LogP contribution in [0.25, 0.3) is 0 Å². The molecule has 0 aliphatic carbocycles. The molecule has 1 aromatic carbocycles. The third-order valence-corrected chi connectivity index (χ3v) is 12.9. The van der Waals surface area contributed by atoms with Gasteiger partial charge in [-0.2, -0.15) is 0 Å². The Labute approximate surface area is 169 Å². The highest BCUT2D eigenvalue weighted by atomic mass is 32.2. The summed E-state index contributed by atoms with van der Waals surface area (Å²) in [6, 6.07) is 7.77. The Morgan fingerprint density at radius 3 is 2.29 bits per heavy atom. The molecule has 8 heteroatoms. The highest BCUT2D eigenvalue weighted by Gasteiger charge is 2.63. The molecule has 6 nitrogen and oxygen atoms in total. The first-order chi connectivity index (χ1) is 12.7. The molecule has 0 N–H and O–H groups in total. The zero-order valence-electron chi connectivity index (χ0n) is 17.7. The maximum atomic E-state index is 13.5. The number of sulfone groups is 1. The first-order valence-electron chi connectivity index (χ1n) is 9.64. The number of carbonyl (C=O) groups is 1. The molecule has 156 valence electrons. The van der Waals surface area contributed by atoms with E-state index in [4.69, 9.17) is 9.16 Å². The van der Waals surface area contributed by atoms with Crippen molar-refractivity contribution >= 4 is 24.1 Å². The lowest BCUT2D eigenvalue weighted by Gasteiger charge is -2.40. The normalized spacial score (nSPS) is 27.9. The lowest BCUT2D eigenvalue weighted by atomic mass is 10.2. The van der Waals surface area contributed by atoms with Gasteiger partial charge in [-0.1, -0.05) is 39.0 Å². The molecule has 0 aromatic heterocycles. The highest BCUT2D eigenvalue weighted by molar-refractivity contribution is 7.93. The van der Waals surface area contributed by atoms with Crippen LogP contribution in [0.4, 0.5) is 0 Å². The minimum Gasteiger partial charge on any atom is -0.410 e. The van der Waals surface area contributed by atoms with Gasteiger partial charge in [0.2, 0.25) is 5.91 Å². The van der Waals surface area contributed by atoms with Crippen molar-refractivity contribution in [3.8, 4) is 0 Å². The van der Waals surface area contributed by atoms with E-state index in [1.165, 1.54) is 12.1 Å². The summed E-state index contributed by atoms with van der Waals surface area (Å²) in [5, 5.41) is -1.36. The Morgan fingerprint density at radius 1 is 1.18 bits per heavy atom. The summed E-state index contributed by atoms with van der Waals surface area (Å²) in [6.45, 7) is 14.3. The number of rotatable bonds is 4. The minimum absolute atomic E-state index is 0.112. The standard InChI is InChI=1S/C20H31NO5SSi/c1-19(2,3)28(6,7)26-16-15-13-25-20(4,5)21(15)18(22)17(16)27(23,24)14-11-9-8-10-12-14/h8-12,15-17H,13H2,1-7H3/t15-,16-,17+/m0/s1. The molecule has 2 aliphatic rings. The molecule has 0 spiro atoms. The smallest absolute Gasteiger partial charge is 0.246 e. The fourth-order valence-electron chi connectivity index (χ4n) is 3.71. The Bertz CT molecular complexity index is 860. The Hall–Kier alpha value is -1.22. The summed E-state index contributed by atoms with van der Waals surface area (Å²) in [6.07, 6.45) is -0.750. The van der Waals surface area contributed by atoms with Crippen LogP contribution in [0.1, 0.15) is 34.6 Å². The lowest BCUT2D eigenvalue weighted by molar-refractivity contribution is -0.141. The molecule has 28 heavy (non-hydrogen) atoms. The predicted molar refractivity (Wildman–Crippen MR) is 110 cm³/mol. The van der Waals surface area contributed by atoms with Gasteiger partial charge in [-0.25, -0.2) is 8.42 Å². The summed E-state index contributed by atoms with van der Waals surface area (Å²) >= 11 is 0. The minimum atomic E-state index is -3.90. The van der Waals surface area contributed by atoms with Crippen LogP contribution in [0.5, 0.6) is 0 Å². The van der Waals surface area contributed by atoms with Gasteiger partial charge in [0.05, 0.1) is 23.6 Å². The second kappa shape index (κ2) is 6.65. The van der Waals surface area contributed by atoms with Gasteiger partial charge in [0.25, 0.3) is 0 Å². The molecule has 1 amide bonds. The van der Waals surface area contributed by atoms with E-state index >= 15 is 0 Å². The van der Waals surface area contributed by atoms with Gasteiger partial charge in [0.15, 0.2) is 23.4 Å². The van der Waals surface area contributed by atoms with E-state index in [-0.39, 0.29) is 16.5 Å². The summed E-state index contributed by atoms with van der Waals surface area (Å²) in [4.78, 5) is 15.1. The molecule has 0 radical (unpaired) electrons. The van der Waals surface area contributed by atoms with E-state index in [0.29, 0.717) is 0 Å². The molecule has 1 aromatic rings. The zero-order valence-corrected chi connectivity index (χ0v) is 19.5. The number of amides is 1. The fourth-order valence-corrected chi connectivity index (χ4v) is 6.93. The van der Waals surface area contributed by atoms with Crippen LogP contribution in [0.15, 0.2) is 35.2 Å². The maximum absolute atomic E-state index is 13.5. The van der Waals surface area contributed by atoms with Gasteiger partial charge >= 0.3 is 0 Å². The molecule has 0 saturated carbocycles. The van der Waals surface area contributed by atoms with Gasteiger partial charge in [-0.3, -0.25) is 4.79 Å². The van der Waals surface area contributed by atoms with Gasteiger partial charge < -0.3 is 14.1 Å². The van der Waals surface area contributed by atoms with Crippen LogP contribution in [-0.2, 0) is 23.8 Å². The number of carbonyl (C=O) groups excluding carboxylic acids is 1. The molecule has 2 heterocycles. The summed E-state index contributed by atoms with van der Waals surface area (Å²) in [5.41, 5.74) is -0.849. The van der Waals surface area contributed by atoms with E-state index in [9.17, 15) is 13.2 Å². The molecular formula is C20H31NO5SSi. The molecule has 2 saturated heterocycles. The average molecular weight is 426 g/mol. The predicted octanol–water partition coefficient (Wildman–Crippen LogP) is 3.20. The Morgan fingerprint density at radius 2 is 1.75 bits per heavy atom. The average Bonchev–Trinajstić information content (AvgIpc) is 3.03. The van der Waals surface area contributed by atoms with Crippen molar-refractivity contribution in [2.24, 2.45) is 0 Å². The second-order valence-corrected chi connectivity index (χ2v) is 16.5. The highest BCUT2D eigenvalue weighted by Crippen LogP contribution is 2.45. The fraction of sp³-hybridized carbons (Fsp3) is 0.650. The van der Waals surface area contributed by atoms with Crippen molar-refractivity contribution in [1.82, 2.24) is 4.90 Å². The SMILES string of the molecule is CC1(C)OC[C@H]2[C@H](O[Si](C)(C)C(C)(C)C)[C@@H](S(=O)(=O)c3ccccc3)C(=O)N21. The second-order valence-electron chi connectivity index (χ2n) is 9.65. The van der Waals surface area contributed by atoms with Crippen molar-refractivity contribution in [3.63, 3.8) is 0 Å². The maximum Gasteiger partial charge on any atom is 0.246 e. The number of fused-ring (bicyclic) bond motifs is 1. The molecule has 0 bridgehead atoms. The molecule has 3 atom stereocenters. The van der Waals surface area contributed by atoms with Gasteiger partial charge in [0, 0.05) is 0 Å². The number of ether oxygens (including phenoxy) is 1. The summed E-state index contributed by atoms with van der Waals surface area (Å²) in [5.74, 6) is -0.430. The number of benzene rings is 1. The summed E-state index contributed by atoms with van der Waals surface area (Å²) in [7, 11) is -6.22. The summed E-state index contributed by atoms with van der Waals surface area (Å²) < 4.78 is 39.4. The van der Waals surface area contributed by atoms with E-state index < -0.39 is 47.2 Å². The third-order valence-electron chi connectivity index (χ3n) is 6.32. The number of hydrogen-bond donors (Lipinski definition) is 0. The van der Waals surface area contributed by atoms with Gasteiger partial charge in [-0.15, -0.1) is 0 Å². The first kappa shape index (κ1) is 21.5. The quantitative estimate of drug-likeness (QED) is 0.693. The van der Waals surface area contributed by atoms with E-state index in [1.807, 2.05) is 0 Å². The Kier molecular flexibility index (Phi) is 5.10. The molecule has 3 rings (SSSR count). The molecular weight excluding hydrogens is 394 g/mol. The van der Waals surface area contributed by atoms with Crippen LogP contribution in [0.2, 0.25) is 18.1 Å². The first-order valence-corrected chi connectivity index (χ1v) is 14.1. The number of hydrogen-bond acceptors (Lipinski definition) is 5. The molecule has 0 unspecified atom stereocenters. The van der Waals surface area contributed by atoms with Crippen molar-refractivity contribution in [2.45, 2.75) is 80.8 Å². The van der Waals surface area contributed by atoms with Crippen LogP contribution < -0.4 is 0 Å². The van der Waals surface area contributed by atoms with Crippen molar-refractivity contribution in [1.29, 1.82) is 0 Å². The van der Waals surface area contributed by atoms with Crippen molar-refractivity contribution in [2.75, 3.05) is 6.61 Å². The van der Waals surface area contributed by atoms with Gasteiger partial charge in [-0.05, 0) is 44.1 Å². The zero-order chi connectivity index (χ0) is 21.1. The third kappa shape index (κ3) is 3.34. The topological polar surface area (TPSA) is 72.9 Å². The molecule has 2 aliphatic heterocycles. The van der Waals surface area contributed by atoms with Crippen LogP contribution >= 0.6 is 0 Å².